The number of halogens is 2. The Morgan fingerprint density at radius 3 is 2.47 bits per heavy atom. The van der Waals surface area contributed by atoms with Crippen molar-refractivity contribution in [1.29, 1.82) is 0 Å². The van der Waals surface area contributed by atoms with Gasteiger partial charge in [-0.1, -0.05) is 54.4 Å². The first-order valence-electron chi connectivity index (χ1n) is 10.2. The molecule has 1 unspecified atom stereocenters. The van der Waals surface area contributed by atoms with Crippen molar-refractivity contribution in [3.05, 3.63) is 68.8 Å². The fraction of sp³-hybridized carbons (Fsp3) is 0.333. The van der Waals surface area contributed by atoms with Crippen LogP contribution in [0.3, 0.4) is 0 Å². The molecule has 2 aromatic carbocycles. The molecule has 1 saturated heterocycles. The summed E-state index contributed by atoms with van der Waals surface area (Å²) in [5.41, 5.74) is 4.19. The SMILES string of the molecule is Cc1ccc(C2=C(N3CCCC(C)C3)C(=O)N(c3cccc(Cl)c3Cl)C2=O)cc1C. The van der Waals surface area contributed by atoms with Crippen molar-refractivity contribution in [3.8, 4) is 0 Å². The smallest absolute Gasteiger partial charge is 0.282 e. The minimum atomic E-state index is -0.361. The highest BCUT2D eigenvalue weighted by Gasteiger charge is 2.44. The molecule has 6 heteroatoms. The largest absolute Gasteiger partial charge is 0.366 e. The molecule has 2 aliphatic heterocycles. The van der Waals surface area contributed by atoms with Crippen LogP contribution in [0.15, 0.2) is 42.1 Å². The van der Waals surface area contributed by atoms with Gasteiger partial charge in [0.25, 0.3) is 11.8 Å². The number of benzene rings is 2. The van der Waals surface area contributed by atoms with Gasteiger partial charge < -0.3 is 4.90 Å². The monoisotopic (exact) mass is 442 g/mol. The molecule has 2 amide bonds. The van der Waals surface area contributed by atoms with E-state index in [1.807, 2.05) is 32.0 Å². The lowest BCUT2D eigenvalue weighted by Crippen LogP contribution is -2.39. The van der Waals surface area contributed by atoms with Crippen molar-refractivity contribution < 1.29 is 9.59 Å². The Labute approximate surface area is 187 Å². The number of rotatable bonds is 3. The zero-order chi connectivity index (χ0) is 21.6. The van der Waals surface area contributed by atoms with Crippen LogP contribution in [-0.2, 0) is 9.59 Å². The third kappa shape index (κ3) is 3.52. The summed E-state index contributed by atoms with van der Waals surface area (Å²) >= 11 is 12.6. The number of piperidine rings is 1. The summed E-state index contributed by atoms with van der Waals surface area (Å²) in [6, 6.07) is 10.9. The molecule has 0 spiro atoms. The highest BCUT2D eigenvalue weighted by atomic mass is 35.5. The molecule has 1 atom stereocenters. The fourth-order valence-corrected chi connectivity index (χ4v) is 4.63. The molecule has 0 aromatic heterocycles. The quantitative estimate of drug-likeness (QED) is 0.578. The van der Waals surface area contributed by atoms with E-state index in [0.717, 1.165) is 42.6 Å². The van der Waals surface area contributed by atoms with E-state index in [1.165, 1.54) is 4.90 Å². The maximum atomic E-state index is 13.6. The molecule has 2 aliphatic rings. The molecule has 0 bridgehead atoms. The Morgan fingerprint density at radius 2 is 1.77 bits per heavy atom. The zero-order valence-electron chi connectivity index (χ0n) is 17.3. The summed E-state index contributed by atoms with van der Waals surface area (Å²) < 4.78 is 0. The number of imide groups is 1. The Hall–Kier alpha value is -2.30. The van der Waals surface area contributed by atoms with Crippen LogP contribution >= 0.6 is 23.2 Å². The van der Waals surface area contributed by atoms with Crippen molar-refractivity contribution >= 4 is 46.3 Å². The lowest BCUT2D eigenvalue weighted by molar-refractivity contribution is -0.120. The third-order valence-electron chi connectivity index (χ3n) is 6.00. The van der Waals surface area contributed by atoms with Crippen LogP contribution in [0.5, 0.6) is 0 Å². The Bertz CT molecular complexity index is 1080. The van der Waals surface area contributed by atoms with E-state index >= 15 is 0 Å². The van der Waals surface area contributed by atoms with Crippen molar-refractivity contribution in [2.45, 2.75) is 33.6 Å². The number of hydrogen-bond acceptors (Lipinski definition) is 3. The van der Waals surface area contributed by atoms with Gasteiger partial charge in [-0.3, -0.25) is 9.59 Å². The second-order valence-electron chi connectivity index (χ2n) is 8.23. The average Bonchev–Trinajstić information content (AvgIpc) is 2.97. The fourth-order valence-electron chi connectivity index (χ4n) is 4.25. The lowest BCUT2D eigenvalue weighted by Gasteiger charge is -2.33. The van der Waals surface area contributed by atoms with Crippen LogP contribution in [-0.4, -0.2) is 29.8 Å². The Kier molecular flexibility index (Phi) is 5.65. The Morgan fingerprint density at radius 1 is 1.00 bits per heavy atom. The van der Waals surface area contributed by atoms with Crippen molar-refractivity contribution in [1.82, 2.24) is 4.90 Å². The second-order valence-corrected chi connectivity index (χ2v) is 9.02. The molecule has 0 N–H and O–H groups in total. The van der Waals surface area contributed by atoms with Gasteiger partial charge >= 0.3 is 0 Å². The van der Waals surface area contributed by atoms with E-state index in [9.17, 15) is 9.59 Å². The minimum Gasteiger partial charge on any atom is -0.366 e. The van der Waals surface area contributed by atoms with Gasteiger partial charge in [-0.25, -0.2) is 4.90 Å². The van der Waals surface area contributed by atoms with E-state index in [1.54, 1.807) is 18.2 Å². The summed E-state index contributed by atoms with van der Waals surface area (Å²) in [4.78, 5) is 30.5. The maximum absolute atomic E-state index is 13.6. The van der Waals surface area contributed by atoms with Crippen molar-refractivity contribution in [2.24, 2.45) is 5.92 Å². The molecule has 30 heavy (non-hydrogen) atoms. The summed E-state index contributed by atoms with van der Waals surface area (Å²) in [6.07, 6.45) is 2.11. The topological polar surface area (TPSA) is 40.6 Å². The van der Waals surface area contributed by atoms with Gasteiger partial charge in [0.15, 0.2) is 0 Å². The molecule has 4 rings (SSSR count). The number of likely N-dealkylation sites (tertiary alicyclic amines) is 1. The summed E-state index contributed by atoms with van der Waals surface area (Å²) in [7, 11) is 0. The first kappa shape index (κ1) is 21.0. The van der Waals surface area contributed by atoms with Crippen LogP contribution in [0.1, 0.15) is 36.5 Å². The first-order chi connectivity index (χ1) is 14.3. The van der Waals surface area contributed by atoms with Crippen LogP contribution in [0, 0.1) is 19.8 Å². The maximum Gasteiger partial charge on any atom is 0.282 e. The molecule has 0 radical (unpaired) electrons. The predicted molar refractivity (Wildman–Crippen MR) is 122 cm³/mol. The molecule has 0 aliphatic carbocycles. The van der Waals surface area contributed by atoms with Gasteiger partial charge in [0, 0.05) is 13.1 Å². The number of hydrogen-bond donors (Lipinski definition) is 0. The normalized spacial score (nSPS) is 19.8. The molecule has 1 fully saturated rings. The number of carbonyl (C=O) groups excluding carboxylic acids is 2. The number of amides is 2. The van der Waals surface area contributed by atoms with Gasteiger partial charge in [-0.05, 0) is 61.4 Å². The lowest BCUT2D eigenvalue weighted by atomic mass is 9.96. The van der Waals surface area contributed by atoms with Crippen LogP contribution < -0.4 is 4.90 Å². The number of nitrogens with zero attached hydrogens (tertiary/aromatic N) is 2. The minimum absolute atomic E-state index is 0.202. The number of anilines is 1. The Balaban J connectivity index is 1.88. The second kappa shape index (κ2) is 8.09. The zero-order valence-corrected chi connectivity index (χ0v) is 18.8. The van der Waals surface area contributed by atoms with E-state index < -0.39 is 0 Å². The molecule has 2 heterocycles. The van der Waals surface area contributed by atoms with E-state index in [4.69, 9.17) is 23.2 Å². The molecule has 156 valence electrons. The molecular formula is C24H24Cl2N2O2. The summed E-state index contributed by atoms with van der Waals surface area (Å²) in [5, 5.41) is 0.510. The van der Waals surface area contributed by atoms with Gasteiger partial charge in [0.2, 0.25) is 0 Å². The van der Waals surface area contributed by atoms with Crippen LogP contribution in [0.25, 0.3) is 5.57 Å². The first-order valence-corrected chi connectivity index (χ1v) is 10.9. The average molecular weight is 443 g/mol. The van der Waals surface area contributed by atoms with Gasteiger partial charge in [-0.15, -0.1) is 0 Å². The van der Waals surface area contributed by atoms with E-state index in [2.05, 4.69) is 11.8 Å². The molecule has 2 aromatic rings. The number of aryl methyl sites for hydroxylation is 2. The van der Waals surface area contributed by atoms with Crippen LogP contribution in [0.4, 0.5) is 5.69 Å². The van der Waals surface area contributed by atoms with Gasteiger partial charge in [-0.2, -0.15) is 0 Å². The number of carbonyl (C=O) groups is 2. The molecular weight excluding hydrogens is 419 g/mol. The van der Waals surface area contributed by atoms with Crippen molar-refractivity contribution in [3.63, 3.8) is 0 Å². The molecule has 4 nitrogen and oxygen atoms in total. The van der Waals surface area contributed by atoms with Gasteiger partial charge in [0.05, 0.1) is 21.3 Å². The van der Waals surface area contributed by atoms with E-state index in [-0.39, 0.29) is 16.8 Å². The summed E-state index contributed by atoms with van der Waals surface area (Å²) in [6.45, 7) is 7.72. The summed E-state index contributed by atoms with van der Waals surface area (Å²) in [5.74, 6) is -0.244. The van der Waals surface area contributed by atoms with Crippen molar-refractivity contribution in [2.75, 3.05) is 18.0 Å². The highest BCUT2D eigenvalue weighted by molar-refractivity contribution is 6.49. The standard InChI is InChI=1S/C24H24Cl2N2O2/c1-14-6-5-11-27(13-14)22-20(17-10-9-15(2)16(3)12-17)23(29)28(24(22)30)19-8-4-7-18(25)21(19)26/h4,7-10,12,14H,5-6,11,13H2,1-3H3. The third-order valence-corrected chi connectivity index (χ3v) is 6.81. The van der Waals surface area contributed by atoms with Gasteiger partial charge in [0.1, 0.15) is 5.70 Å². The highest BCUT2D eigenvalue weighted by Crippen LogP contribution is 2.40. The van der Waals surface area contributed by atoms with E-state index in [0.29, 0.717) is 27.9 Å². The molecule has 0 saturated carbocycles. The predicted octanol–water partition coefficient (Wildman–Crippen LogP) is 5.63. The van der Waals surface area contributed by atoms with Crippen LogP contribution in [0.2, 0.25) is 10.0 Å².